The Labute approximate surface area is 200 Å². The predicted molar refractivity (Wildman–Crippen MR) is 132 cm³/mol. The van der Waals surface area contributed by atoms with E-state index in [0.29, 0.717) is 12.2 Å². The van der Waals surface area contributed by atoms with E-state index in [1.54, 1.807) is 6.07 Å². The number of aliphatic imine (C=N–C) groups is 1. The number of hydrogen-bond donors (Lipinski definition) is 1. The quantitative estimate of drug-likeness (QED) is 0.238. The molecule has 0 saturated carbocycles. The van der Waals surface area contributed by atoms with Gasteiger partial charge in [-0.2, -0.15) is 0 Å². The SMILES string of the molecule is CCOCCCNC(=NCc1nnc(C)n1C)N1CCN(c2ccccc2F)CC1.I. The second-order valence-electron chi connectivity index (χ2n) is 7.27. The van der Waals surface area contributed by atoms with Crippen molar-refractivity contribution in [1.82, 2.24) is 25.0 Å². The Bertz CT molecular complexity index is 837. The van der Waals surface area contributed by atoms with Crippen LogP contribution in [0.4, 0.5) is 10.1 Å². The zero-order valence-corrected chi connectivity index (χ0v) is 20.9. The highest BCUT2D eigenvalue weighted by atomic mass is 127. The van der Waals surface area contributed by atoms with Crippen LogP contribution >= 0.6 is 24.0 Å². The number of para-hydroxylation sites is 1. The van der Waals surface area contributed by atoms with Crippen LogP contribution in [0.25, 0.3) is 0 Å². The summed E-state index contributed by atoms with van der Waals surface area (Å²) in [6.07, 6.45) is 0.908. The van der Waals surface area contributed by atoms with Gasteiger partial charge in [0.1, 0.15) is 18.2 Å². The van der Waals surface area contributed by atoms with Crippen molar-refractivity contribution in [2.24, 2.45) is 12.0 Å². The summed E-state index contributed by atoms with van der Waals surface area (Å²) in [6, 6.07) is 6.94. The number of nitrogens with one attached hydrogen (secondary N) is 1. The number of benzene rings is 1. The number of rotatable bonds is 8. The fraction of sp³-hybridized carbons (Fsp3) is 0.571. The molecule has 0 unspecified atom stereocenters. The Hall–Kier alpha value is -1.95. The second kappa shape index (κ2) is 12.8. The highest BCUT2D eigenvalue weighted by Crippen LogP contribution is 2.20. The smallest absolute Gasteiger partial charge is 0.194 e. The lowest BCUT2D eigenvalue weighted by atomic mass is 10.2. The molecule has 1 saturated heterocycles. The maximum Gasteiger partial charge on any atom is 0.194 e. The van der Waals surface area contributed by atoms with Gasteiger partial charge < -0.3 is 24.4 Å². The molecule has 8 nitrogen and oxygen atoms in total. The van der Waals surface area contributed by atoms with Crippen LogP contribution in [0.2, 0.25) is 0 Å². The number of aryl methyl sites for hydroxylation is 1. The summed E-state index contributed by atoms with van der Waals surface area (Å²) in [7, 11) is 1.95. The highest BCUT2D eigenvalue weighted by Gasteiger charge is 2.21. The van der Waals surface area contributed by atoms with E-state index in [-0.39, 0.29) is 29.8 Å². The molecule has 0 spiro atoms. The molecule has 0 amide bonds. The van der Waals surface area contributed by atoms with E-state index in [1.165, 1.54) is 6.07 Å². The van der Waals surface area contributed by atoms with Crippen LogP contribution in [0, 0.1) is 12.7 Å². The fourth-order valence-electron chi connectivity index (χ4n) is 3.39. The summed E-state index contributed by atoms with van der Waals surface area (Å²) in [6.45, 7) is 9.63. The van der Waals surface area contributed by atoms with Gasteiger partial charge in [-0.05, 0) is 32.4 Å². The van der Waals surface area contributed by atoms with Gasteiger partial charge in [0.25, 0.3) is 0 Å². The molecule has 172 valence electrons. The standard InChI is InChI=1S/C21H32FN7O.HI/c1-4-30-15-7-10-23-21(24-16-20-26-25-17(2)27(20)3)29-13-11-28(12-14-29)19-9-6-5-8-18(19)22;/h5-6,8-9H,4,7,10-16H2,1-3H3,(H,23,24);1H. The maximum absolute atomic E-state index is 14.1. The lowest BCUT2D eigenvalue weighted by Crippen LogP contribution is -2.53. The molecule has 1 fully saturated rings. The molecular weight excluding hydrogens is 512 g/mol. The molecule has 1 N–H and O–H groups in total. The number of halogens is 2. The van der Waals surface area contributed by atoms with Gasteiger partial charge in [-0.1, -0.05) is 12.1 Å². The average molecular weight is 545 g/mol. The van der Waals surface area contributed by atoms with Crippen LogP contribution in [0.15, 0.2) is 29.3 Å². The zero-order valence-electron chi connectivity index (χ0n) is 18.6. The van der Waals surface area contributed by atoms with Crippen molar-refractivity contribution in [2.45, 2.75) is 26.8 Å². The predicted octanol–water partition coefficient (Wildman–Crippen LogP) is 2.58. The van der Waals surface area contributed by atoms with Crippen molar-refractivity contribution in [3.05, 3.63) is 41.7 Å². The molecule has 3 rings (SSSR count). The minimum Gasteiger partial charge on any atom is -0.382 e. The number of ether oxygens (including phenoxy) is 1. The molecule has 10 heteroatoms. The topological polar surface area (TPSA) is 70.8 Å². The number of anilines is 1. The van der Waals surface area contributed by atoms with E-state index in [1.807, 2.05) is 37.6 Å². The summed E-state index contributed by atoms with van der Waals surface area (Å²) < 4.78 is 21.5. The Morgan fingerprint density at radius 1 is 1.19 bits per heavy atom. The van der Waals surface area contributed by atoms with E-state index < -0.39 is 0 Å². The second-order valence-corrected chi connectivity index (χ2v) is 7.27. The first kappa shape index (κ1) is 25.3. The molecule has 1 aromatic carbocycles. The first-order chi connectivity index (χ1) is 14.6. The van der Waals surface area contributed by atoms with Gasteiger partial charge in [-0.3, -0.25) is 0 Å². The van der Waals surface area contributed by atoms with Gasteiger partial charge >= 0.3 is 0 Å². The van der Waals surface area contributed by atoms with Gasteiger partial charge in [-0.15, -0.1) is 34.2 Å². The molecule has 1 aromatic heterocycles. The molecule has 1 aliphatic rings. The van der Waals surface area contributed by atoms with Crippen molar-refractivity contribution < 1.29 is 9.13 Å². The minimum absolute atomic E-state index is 0. The van der Waals surface area contributed by atoms with Crippen molar-refractivity contribution in [2.75, 3.05) is 50.8 Å². The molecule has 0 atom stereocenters. The summed E-state index contributed by atoms with van der Waals surface area (Å²) >= 11 is 0. The van der Waals surface area contributed by atoms with Crippen LogP contribution in [0.5, 0.6) is 0 Å². The molecule has 0 aliphatic carbocycles. The molecule has 0 bridgehead atoms. The number of guanidine groups is 1. The van der Waals surface area contributed by atoms with Crippen LogP contribution < -0.4 is 10.2 Å². The van der Waals surface area contributed by atoms with Crippen molar-refractivity contribution in [3.8, 4) is 0 Å². The van der Waals surface area contributed by atoms with Crippen molar-refractivity contribution >= 4 is 35.6 Å². The van der Waals surface area contributed by atoms with E-state index >= 15 is 0 Å². The monoisotopic (exact) mass is 545 g/mol. The lowest BCUT2D eigenvalue weighted by molar-refractivity contribution is 0.145. The summed E-state index contributed by atoms with van der Waals surface area (Å²) in [5.74, 6) is 2.36. The average Bonchev–Trinajstić information content (AvgIpc) is 3.08. The van der Waals surface area contributed by atoms with Crippen molar-refractivity contribution in [3.63, 3.8) is 0 Å². The first-order valence-electron chi connectivity index (χ1n) is 10.6. The number of nitrogens with zero attached hydrogens (tertiary/aromatic N) is 6. The first-order valence-corrected chi connectivity index (χ1v) is 10.6. The number of aromatic nitrogens is 3. The highest BCUT2D eigenvalue weighted by molar-refractivity contribution is 14.0. The third-order valence-corrected chi connectivity index (χ3v) is 5.28. The van der Waals surface area contributed by atoms with Crippen LogP contribution in [-0.4, -0.2) is 71.6 Å². The van der Waals surface area contributed by atoms with E-state index in [0.717, 1.165) is 70.0 Å². The third kappa shape index (κ3) is 7.03. The van der Waals surface area contributed by atoms with Crippen LogP contribution in [0.1, 0.15) is 25.0 Å². The summed E-state index contributed by atoms with van der Waals surface area (Å²) in [5.41, 5.74) is 0.662. The summed E-state index contributed by atoms with van der Waals surface area (Å²) in [4.78, 5) is 9.11. The van der Waals surface area contributed by atoms with E-state index in [4.69, 9.17) is 9.73 Å². The fourth-order valence-corrected chi connectivity index (χ4v) is 3.39. The molecule has 2 aromatic rings. The molecule has 31 heavy (non-hydrogen) atoms. The van der Waals surface area contributed by atoms with E-state index in [9.17, 15) is 4.39 Å². The van der Waals surface area contributed by atoms with Crippen LogP contribution in [0.3, 0.4) is 0 Å². The van der Waals surface area contributed by atoms with Gasteiger partial charge in [0.2, 0.25) is 0 Å². The van der Waals surface area contributed by atoms with Crippen molar-refractivity contribution in [1.29, 1.82) is 0 Å². The molecule has 2 heterocycles. The van der Waals surface area contributed by atoms with Crippen LogP contribution in [-0.2, 0) is 18.3 Å². The van der Waals surface area contributed by atoms with Gasteiger partial charge in [0.15, 0.2) is 11.8 Å². The Morgan fingerprint density at radius 2 is 1.94 bits per heavy atom. The molecular formula is C21H33FIN7O. The Kier molecular flexibility index (Phi) is 10.4. The molecule has 1 aliphatic heterocycles. The lowest BCUT2D eigenvalue weighted by Gasteiger charge is -2.37. The normalized spacial score (nSPS) is 14.5. The van der Waals surface area contributed by atoms with E-state index in [2.05, 4.69) is 25.3 Å². The van der Waals surface area contributed by atoms with Gasteiger partial charge in [-0.25, -0.2) is 9.38 Å². The molecule has 0 radical (unpaired) electrons. The van der Waals surface area contributed by atoms with Gasteiger partial charge in [0.05, 0.1) is 5.69 Å². The zero-order chi connectivity index (χ0) is 21.3. The number of piperazine rings is 1. The minimum atomic E-state index is -0.174. The third-order valence-electron chi connectivity index (χ3n) is 5.28. The summed E-state index contributed by atoms with van der Waals surface area (Å²) in [5, 5.41) is 11.8. The Balaban J connectivity index is 0.00000341. The maximum atomic E-state index is 14.1. The van der Waals surface area contributed by atoms with Gasteiger partial charge in [0, 0.05) is 53.0 Å². The largest absolute Gasteiger partial charge is 0.382 e. The number of hydrogen-bond acceptors (Lipinski definition) is 5. The Morgan fingerprint density at radius 3 is 2.58 bits per heavy atom.